The van der Waals surface area contributed by atoms with E-state index >= 15 is 0 Å². The number of hydrogen-bond acceptors (Lipinski definition) is 2. The van der Waals surface area contributed by atoms with E-state index in [1.165, 1.54) is 12.1 Å². The molecule has 3 heterocycles. The van der Waals surface area contributed by atoms with Crippen molar-refractivity contribution in [3.05, 3.63) is 82.9 Å². The van der Waals surface area contributed by atoms with Gasteiger partial charge in [0.2, 0.25) is 0 Å². The van der Waals surface area contributed by atoms with Gasteiger partial charge in [0.05, 0.1) is 23.3 Å². The first kappa shape index (κ1) is 22.3. The predicted molar refractivity (Wildman–Crippen MR) is 123 cm³/mol. The topological polar surface area (TPSA) is 33.1 Å². The van der Waals surface area contributed by atoms with Gasteiger partial charge in [0, 0.05) is 29.8 Å². The Balaban J connectivity index is 1.83. The van der Waals surface area contributed by atoms with Gasteiger partial charge in [-0.25, -0.2) is 0 Å². The molecule has 0 aliphatic carbocycles. The number of nitrogens with one attached hydrogen (secondary N) is 1. The van der Waals surface area contributed by atoms with Gasteiger partial charge in [-0.1, -0.05) is 19.1 Å². The van der Waals surface area contributed by atoms with Gasteiger partial charge >= 0.3 is 6.18 Å². The molecular weight excluding hydrogens is 433 g/mol. The molecule has 3 aromatic rings. The number of aromatic nitrogens is 2. The number of pyridine rings is 1. The van der Waals surface area contributed by atoms with Crippen LogP contribution in [0.4, 0.5) is 13.2 Å². The number of rotatable bonds is 5. The second kappa shape index (κ2) is 8.58. The van der Waals surface area contributed by atoms with Crippen molar-refractivity contribution in [3.8, 4) is 5.69 Å². The van der Waals surface area contributed by atoms with Crippen molar-refractivity contribution in [2.75, 3.05) is 6.54 Å². The monoisotopic (exact) mass is 458 g/mol. The first-order valence-electron chi connectivity index (χ1n) is 10.6. The Labute approximate surface area is 191 Å². The van der Waals surface area contributed by atoms with Gasteiger partial charge in [-0.3, -0.25) is 4.98 Å². The Bertz CT molecular complexity index is 1120. The molecule has 2 aromatic heterocycles. The lowest BCUT2D eigenvalue weighted by atomic mass is 9.96. The molecule has 1 aliphatic rings. The largest absolute Gasteiger partial charge is 0.416 e. The van der Waals surface area contributed by atoms with Crippen LogP contribution in [0.2, 0.25) is 0 Å². The quantitative estimate of drug-likeness (QED) is 0.484. The summed E-state index contributed by atoms with van der Waals surface area (Å²) >= 11 is 5.65. The van der Waals surface area contributed by atoms with E-state index in [2.05, 4.69) is 28.2 Å². The fourth-order valence-corrected chi connectivity index (χ4v) is 4.86. The van der Waals surface area contributed by atoms with Gasteiger partial charge in [-0.15, -0.1) is 0 Å². The summed E-state index contributed by atoms with van der Waals surface area (Å²) in [5, 5.41) is 4.08. The van der Waals surface area contributed by atoms with E-state index in [0.29, 0.717) is 10.8 Å². The Kier molecular flexibility index (Phi) is 5.99. The van der Waals surface area contributed by atoms with Crippen LogP contribution in [0.1, 0.15) is 53.6 Å². The highest BCUT2D eigenvalue weighted by atomic mass is 32.1. The molecule has 4 nitrogen and oxygen atoms in total. The van der Waals surface area contributed by atoms with Crippen molar-refractivity contribution >= 4 is 17.3 Å². The zero-order chi connectivity index (χ0) is 23.0. The maximum absolute atomic E-state index is 13.3. The molecule has 1 fully saturated rings. The van der Waals surface area contributed by atoms with E-state index in [0.717, 1.165) is 41.7 Å². The average molecular weight is 459 g/mol. The van der Waals surface area contributed by atoms with Crippen molar-refractivity contribution in [2.45, 2.75) is 45.5 Å². The molecule has 0 saturated carbocycles. The summed E-state index contributed by atoms with van der Waals surface area (Å²) < 4.78 is 41.8. The van der Waals surface area contributed by atoms with Crippen LogP contribution in [0, 0.1) is 13.8 Å². The number of thiocarbonyl (C=S) groups is 1. The molecule has 0 radical (unpaired) electrons. The molecule has 168 valence electrons. The Hall–Kier alpha value is -2.87. The summed E-state index contributed by atoms with van der Waals surface area (Å²) in [5.74, 6) is 0. The first-order chi connectivity index (χ1) is 15.2. The lowest BCUT2D eigenvalue weighted by Crippen LogP contribution is -2.30. The minimum Gasteiger partial charge on any atom is -0.352 e. The fraction of sp³-hybridized carbons (Fsp3) is 0.333. The third-order valence-electron chi connectivity index (χ3n) is 5.88. The second-order valence-electron chi connectivity index (χ2n) is 8.03. The smallest absolute Gasteiger partial charge is 0.352 e. The number of nitrogens with zero attached hydrogens (tertiary/aromatic N) is 3. The fourth-order valence-electron chi connectivity index (χ4n) is 4.53. The maximum Gasteiger partial charge on any atom is 0.416 e. The van der Waals surface area contributed by atoms with Crippen LogP contribution in [0.3, 0.4) is 0 Å². The van der Waals surface area contributed by atoms with E-state index < -0.39 is 11.7 Å². The third kappa shape index (κ3) is 3.99. The lowest BCUT2D eigenvalue weighted by molar-refractivity contribution is -0.137. The van der Waals surface area contributed by atoms with Crippen molar-refractivity contribution in [3.63, 3.8) is 0 Å². The van der Waals surface area contributed by atoms with Crippen LogP contribution in [-0.4, -0.2) is 26.1 Å². The predicted octanol–water partition coefficient (Wildman–Crippen LogP) is 5.89. The summed E-state index contributed by atoms with van der Waals surface area (Å²) in [6.45, 7) is 6.73. The van der Waals surface area contributed by atoms with Crippen molar-refractivity contribution < 1.29 is 13.2 Å². The summed E-state index contributed by atoms with van der Waals surface area (Å²) in [7, 11) is 0. The summed E-state index contributed by atoms with van der Waals surface area (Å²) in [6.07, 6.45) is -1.72. The molecule has 2 atom stereocenters. The highest BCUT2D eigenvalue weighted by Crippen LogP contribution is 2.41. The van der Waals surface area contributed by atoms with E-state index in [4.69, 9.17) is 12.2 Å². The standard InChI is InChI=1S/C24H25F3N4S/c1-4-12-30-22(21(29-23(30)32)20-10-5-6-11-28-20)19-13-15(2)31(16(19)3)18-9-7-8-17(14-18)24(25,26)27/h5-11,13-14,21-22H,4,12H2,1-3H3,(H,29,32)/t21-,22+/m0/s1. The SMILES string of the molecule is CCCN1C(=S)N[C@@H](c2ccccn2)[C@H]1c1cc(C)n(-c2cccc(C(F)(F)F)c2)c1C. The van der Waals surface area contributed by atoms with Crippen molar-refractivity contribution in [1.82, 2.24) is 19.8 Å². The highest BCUT2D eigenvalue weighted by molar-refractivity contribution is 7.80. The molecule has 0 amide bonds. The Morgan fingerprint density at radius 1 is 1.09 bits per heavy atom. The molecule has 1 saturated heterocycles. The minimum atomic E-state index is -4.39. The average Bonchev–Trinajstić information content (AvgIpc) is 3.24. The van der Waals surface area contributed by atoms with Crippen molar-refractivity contribution in [1.29, 1.82) is 0 Å². The molecule has 0 spiro atoms. The van der Waals surface area contributed by atoms with E-state index in [-0.39, 0.29) is 12.1 Å². The molecule has 4 rings (SSSR count). The molecule has 0 bridgehead atoms. The normalized spacial score (nSPS) is 18.8. The van der Waals surface area contributed by atoms with Crippen LogP contribution in [0.25, 0.3) is 5.69 Å². The number of hydrogen-bond donors (Lipinski definition) is 1. The molecule has 1 N–H and O–H groups in total. The third-order valence-corrected chi connectivity index (χ3v) is 6.24. The number of aryl methyl sites for hydroxylation is 1. The zero-order valence-corrected chi connectivity index (χ0v) is 19.0. The van der Waals surface area contributed by atoms with Crippen LogP contribution in [0.5, 0.6) is 0 Å². The van der Waals surface area contributed by atoms with Crippen LogP contribution in [-0.2, 0) is 6.18 Å². The Morgan fingerprint density at radius 3 is 2.53 bits per heavy atom. The first-order valence-corrected chi connectivity index (χ1v) is 11.0. The highest BCUT2D eigenvalue weighted by Gasteiger charge is 2.41. The molecule has 32 heavy (non-hydrogen) atoms. The summed E-state index contributed by atoms with van der Waals surface area (Å²) in [5.41, 5.74) is 3.49. The van der Waals surface area contributed by atoms with Gasteiger partial charge in [0.1, 0.15) is 0 Å². The number of halogens is 3. The van der Waals surface area contributed by atoms with Crippen LogP contribution < -0.4 is 5.32 Å². The molecule has 1 aliphatic heterocycles. The maximum atomic E-state index is 13.3. The number of benzene rings is 1. The zero-order valence-electron chi connectivity index (χ0n) is 18.1. The Morgan fingerprint density at radius 2 is 1.88 bits per heavy atom. The molecular formula is C24H25F3N4S. The van der Waals surface area contributed by atoms with Gasteiger partial charge < -0.3 is 14.8 Å². The number of alkyl halides is 3. The van der Waals surface area contributed by atoms with Gasteiger partial charge in [-0.2, -0.15) is 13.2 Å². The van der Waals surface area contributed by atoms with E-state index in [1.54, 1.807) is 12.3 Å². The second-order valence-corrected chi connectivity index (χ2v) is 8.42. The van der Waals surface area contributed by atoms with E-state index in [9.17, 15) is 13.2 Å². The lowest BCUT2D eigenvalue weighted by Gasteiger charge is -2.27. The van der Waals surface area contributed by atoms with Crippen molar-refractivity contribution in [2.24, 2.45) is 0 Å². The van der Waals surface area contributed by atoms with E-state index in [1.807, 2.05) is 36.6 Å². The van der Waals surface area contributed by atoms with Crippen LogP contribution >= 0.6 is 12.2 Å². The van der Waals surface area contributed by atoms with Crippen LogP contribution in [0.15, 0.2) is 54.7 Å². The molecule has 0 unspecified atom stereocenters. The van der Waals surface area contributed by atoms with Gasteiger partial charge in [-0.05, 0) is 74.4 Å². The molecule has 8 heteroatoms. The summed E-state index contributed by atoms with van der Waals surface area (Å²) in [6, 6.07) is 13.0. The minimum absolute atomic E-state index is 0.108. The summed E-state index contributed by atoms with van der Waals surface area (Å²) in [4.78, 5) is 6.70. The van der Waals surface area contributed by atoms with Gasteiger partial charge in [0.25, 0.3) is 0 Å². The molecule has 1 aromatic carbocycles. The van der Waals surface area contributed by atoms with Gasteiger partial charge in [0.15, 0.2) is 5.11 Å².